The Morgan fingerprint density at radius 3 is 2.47 bits per heavy atom. The van der Waals surface area contributed by atoms with Crippen molar-refractivity contribution in [3.63, 3.8) is 0 Å². The summed E-state index contributed by atoms with van der Waals surface area (Å²) < 4.78 is 45.0. The predicted molar refractivity (Wildman–Crippen MR) is 157 cm³/mol. The molecule has 43 heavy (non-hydrogen) atoms. The Morgan fingerprint density at radius 2 is 1.81 bits per heavy atom. The molecule has 0 spiro atoms. The summed E-state index contributed by atoms with van der Waals surface area (Å²) in [4.78, 5) is 24.6. The minimum atomic E-state index is -4.62. The van der Waals surface area contributed by atoms with Crippen molar-refractivity contribution < 1.29 is 32.9 Å². The maximum atomic E-state index is 13.3. The van der Waals surface area contributed by atoms with Crippen LogP contribution >= 0.6 is 11.3 Å². The number of rotatable bonds is 8. The number of halogens is 3. The molecule has 1 saturated carbocycles. The molecular weight excluding hydrogens is 581 g/mol. The van der Waals surface area contributed by atoms with E-state index in [-0.39, 0.29) is 18.8 Å². The average Bonchev–Trinajstić information content (AvgIpc) is 3.44. The number of hydrogen-bond acceptors (Lipinski definition) is 8. The Hall–Kier alpha value is -3.87. The number of aliphatic carboxylic acids is 1. The number of nitrogens with one attached hydrogen (secondary N) is 1. The first-order valence-electron chi connectivity index (χ1n) is 13.6. The summed E-state index contributed by atoms with van der Waals surface area (Å²) in [7, 11) is 1.61. The van der Waals surface area contributed by atoms with Gasteiger partial charge in [0.2, 0.25) is 5.95 Å². The van der Waals surface area contributed by atoms with Gasteiger partial charge in [-0.05, 0) is 71.2 Å². The molecule has 0 saturated heterocycles. The van der Waals surface area contributed by atoms with Crippen LogP contribution in [0.3, 0.4) is 0 Å². The first-order chi connectivity index (χ1) is 20.3. The first-order valence-corrected chi connectivity index (χ1v) is 14.4. The molecule has 2 atom stereocenters. The second-order valence-electron chi connectivity index (χ2n) is 11.5. The van der Waals surface area contributed by atoms with E-state index in [0.29, 0.717) is 23.7 Å². The van der Waals surface area contributed by atoms with Crippen LogP contribution in [0.2, 0.25) is 0 Å². The van der Waals surface area contributed by atoms with E-state index in [9.17, 15) is 28.2 Å². The molecule has 226 valence electrons. The molecule has 3 N–H and O–H groups in total. The van der Waals surface area contributed by atoms with Crippen LogP contribution in [0, 0.1) is 11.3 Å². The highest BCUT2D eigenvalue weighted by Crippen LogP contribution is 2.51. The van der Waals surface area contributed by atoms with Crippen molar-refractivity contribution in [2.45, 2.75) is 51.5 Å². The molecule has 2 aromatic carbocycles. The number of aromatic nitrogens is 3. The number of nitrogens with zero attached hydrogens (tertiary/aromatic N) is 3. The number of carboxylic acid groups (broad SMARTS) is 1. The lowest BCUT2D eigenvalue weighted by atomic mass is 9.63. The monoisotopic (exact) mass is 612 g/mol. The summed E-state index contributed by atoms with van der Waals surface area (Å²) in [5.74, 6) is -1.64. The largest absolute Gasteiger partial charge is 0.481 e. The predicted octanol–water partition coefficient (Wildman–Crippen LogP) is 7.27. The Morgan fingerprint density at radius 1 is 1.09 bits per heavy atom. The Labute approximate surface area is 250 Å². The molecule has 0 amide bonds. The number of anilines is 2. The molecule has 0 radical (unpaired) electrons. The Kier molecular flexibility index (Phi) is 8.30. The molecule has 12 heteroatoms. The molecule has 2 aromatic heterocycles. The van der Waals surface area contributed by atoms with Crippen molar-refractivity contribution in [3.05, 3.63) is 77.2 Å². The van der Waals surface area contributed by atoms with Gasteiger partial charge in [-0.1, -0.05) is 38.1 Å². The minimum absolute atomic E-state index is 0.204. The van der Waals surface area contributed by atoms with Gasteiger partial charge in [0, 0.05) is 25.2 Å². The summed E-state index contributed by atoms with van der Waals surface area (Å²) >= 11 is 1.30. The van der Waals surface area contributed by atoms with E-state index in [1.54, 1.807) is 25.4 Å². The van der Waals surface area contributed by atoms with Crippen molar-refractivity contribution in [3.8, 4) is 21.6 Å². The topological polar surface area (TPSA) is 117 Å². The van der Waals surface area contributed by atoms with Gasteiger partial charge in [0.05, 0.1) is 17.4 Å². The van der Waals surface area contributed by atoms with Crippen molar-refractivity contribution >= 4 is 28.9 Å². The van der Waals surface area contributed by atoms with Gasteiger partial charge in [-0.25, -0.2) is 15.0 Å². The number of aliphatic hydroxyl groups is 1. The van der Waals surface area contributed by atoms with E-state index in [1.165, 1.54) is 11.3 Å². The van der Waals surface area contributed by atoms with Crippen molar-refractivity contribution in [1.82, 2.24) is 15.0 Å². The third kappa shape index (κ3) is 6.71. The van der Waals surface area contributed by atoms with Crippen molar-refractivity contribution in [2.75, 3.05) is 12.4 Å². The van der Waals surface area contributed by atoms with Crippen LogP contribution in [-0.2, 0) is 27.9 Å². The zero-order valence-electron chi connectivity index (χ0n) is 23.8. The number of ether oxygens (including phenoxy) is 1. The molecule has 1 aliphatic rings. The fraction of sp³-hybridized carbons (Fsp3) is 0.355. The van der Waals surface area contributed by atoms with E-state index < -0.39 is 34.8 Å². The van der Waals surface area contributed by atoms with Gasteiger partial charge in [0.25, 0.3) is 0 Å². The number of carbonyl (C=O) groups is 1. The summed E-state index contributed by atoms with van der Waals surface area (Å²) in [5.41, 5.74) is 0.847. The van der Waals surface area contributed by atoms with E-state index >= 15 is 0 Å². The smallest absolute Gasteiger partial charge is 0.433 e. The van der Waals surface area contributed by atoms with Gasteiger partial charge in [-0.3, -0.25) is 4.79 Å². The standard InChI is InChI=1S/C31H31F3N4O4S/c1-29(2)17-30(41,10-8-23(29)26(39)40)27-36-15-24(43-27)21-12-20(19-6-4-18(5-7-19)16-42-3)13-22(14-21)37-28-35-11-9-25(38-28)31(32,33)34/h4-7,9,11-15,23,41H,8,10,16-17H2,1-3H3,(H,39,40)(H,35,37,38)/t23-,30-/m1/s1. The number of benzene rings is 2. The lowest BCUT2D eigenvalue weighted by Gasteiger charge is -2.44. The van der Waals surface area contributed by atoms with Crippen LogP contribution < -0.4 is 5.32 Å². The fourth-order valence-corrected chi connectivity index (χ4v) is 6.70. The molecule has 5 rings (SSSR count). The molecule has 0 bridgehead atoms. The lowest BCUT2D eigenvalue weighted by molar-refractivity contribution is -0.154. The number of alkyl halides is 3. The molecule has 0 aliphatic heterocycles. The summed E-state index contributed by atoms with van der Waals surface area (Å²) in [6.07, 6.45) is -1.07. The zero-order chi connectivity index (χ0) is 31.0. The van der Waals surface area contributed by atoms with E-state index in [0.717, 1.165) is 39.4 Å². The van der Waals surface area contributed by atoms with Crippen LogP contribution in [-0.4, -0.2) is 38.2 Å². The third-order valence-electron chi connectivity index (χ3n) is 7.76. The SMILES string of the molecule is COCc1ccc(-c2cc(Nc3nccc(C(F)(F)F)n3)cc(-c3cnc([C@@]4(O)CC[C@H](C(=O)O)C(C)(C)C4)s3)c2)cc1. The molecule has 1 aliphatic carbocycles. The van der Waals surface area contributed by atoms with E-state index in [4.69, 9.17) is 4.74 Å². The van der Waals surface area contributed by atoms with Gasteiger partial charge in [0.1, 0.15) is 16.3 Å². The number of methoxy groups -OCH3 is 1. The third-order valence-corrected chi connectivity index (χ3v) is 9.00. The van der Waals surface area contributed by atoms with Gasteiger partial charge in [-0.2, -0.15) is 13.2 Å². The van der Waals surface area contributed by atoms with Crippen LogP contribution in [0.1, 0.15) is 49.4 Å². The van der Waals surface area contributed by atoms with Gasteiger partial charge >= 0.3 is 12.1 Å². The average molecular weight is 613 g/mol. The second-order valence-corrected chi connectivity index (χ2v) is 12.5. The zero-order valence-corrected chi connectivity index (χ0v) is 24.6. The first kappa shape index (κ1) is 30.6. The number of carboxylic acids is 1. The second kappa shape index (κ2) is 11.7. The van der Waals surface area contributed by atoms with E-state index in [1.807, 2.05) is 44.2 Å². The van der Waals surface area contributed by atoms with Gasteiger partial charge < -0.3 is 20.3 Å². The molecule has 1 fully saturated rings. The maximum absolute atomic E-state index is 13.3. The van der Waals surface area contributed by atoms with Crippen molar-refractivity contribution in [1.29, 1.82) is 0 Å². The van der Waals surface area contributed by atoms with Crippen LogP contribution in [0.5, 0.6) is 0 Å². The maximum Gasteiger partial charge on any atom is 0.433 e. The summed E-state index contributed by atoms with van der Waals surface area (Å²) in [5, 5.41) is 24.6. The van der Waals surface area contributed by atoms with E-state index in [2.05, 4.69) is 20.3 Å². The van der Waals surface area contributed by atoms with Gasteiger partial charge in [0.15, 0.2) is 0 Å². The number of thiazole rings is 1. The minimum Gasteiger partial charge on any atom is -0.481 e. The highest BCUT2D eigenvalue weighted by Gasteiger charge is 2.49. The quantitative estimate of drug-likeness (QED) is 0.190. The normalized spacial score (nSPS) is 20.1. The van der Waals surface area contributed by atoms with Crippen molar-refractivity contribution in [2.24, 2.45) is 11.3 Å². The molecule has 0 unspecified atom stereocenters. The van der Waals surface area contributed by atoms with Gasteiger partial charge in [-0.15, -0.1) is 11.3 Å². The molecular formula is C31H31F3N4O4S. The molecule has 8 nitrogen and oxygen atoms in total. The Balaban J connectivity index is 1.52. The summed E-state index contributed by atoms with van der Waals surface area (Å²) in [6, 6.07) is 14.0. The highest BCUT2D eigenvalue weighted by molar-refractivity contribution is 7.15. The highest BCUT2D eigenvalue weighted by atomic mass is 32.1. The van der Waals surface area contributed by atoms with Crippen LogP contribution in [0.15, 0.2) is 60.9 Å². The fourth-order valence-electron chi connectivity index (χ4n) is 5.68. The molecule has 4 aromatic rings. The Bertz CT molecular complexity index is 1620. The van der Waals surface area contributed by atoms with Crippen LogP contribution in [0.25, 0.3) is 21.6 Å². The number of hydrogen-bond donors (Lipinski definition) is 3. The van der Waals surface area contributed by atoms with Crippen LogP contribution in [0.4, 0.5) is 24.8 Å². The lowest BCUT2D eigenvalue weighted by Crippen LogP contribution is -2.44. The summed E-state index contributed by atoms with van der Waals surface area (Å²) in [6.45, 7) is 4.15. The molecule has 2 heterocycles.